The number of rotatable bonds is 2. The molecule has 0 unspecified atom stereocenters. The van der Waals surface area contributed by atoms with Crippen LogP contribution in [0.15, 0.2) is 23.2 Å². The normalized spacial score (nSPS) is 11.9. The smallest absolute Gasteiger partial charge is 0.126 e. The van der Waals surface area contributed by atoms with E-state index in [1.807, 2.05) is 0 Å². The second-order valence-corrected chi connectivity index (χ2v) is 2.78. The van der Waals surface area contributed by atoms with Crippen LogP contribution in [0, 0.1) is 11.6 Å². The highest BCUT2D eigenvalue weighted by Crippen LogP contribution is 2.18. The number of benzene rings is 1. The monoisotopic (exact) mass is 199 g/mol. The third kappa shape index (κ3) is 2.68. The molecule has 1 nitrogen and oxygen atoms in total. The van der Waals surface area contributed by atoms with E-state index in [1.54, 1.807) is 6.92 Å². The maximum Gasteiger partial charge on any atom is 0.126 e. The number of aliphatic imine (C=N–C) groups is 1. The zero-order valence-corrected chi connectivity index (χ0v) is 7.74. The second kappa shape index (κ2) is 4.21. The van der Waals surface area contributed by atoms with Crippen LogP contribution in [-0.4, -0.2) is 5.16 Å². The maximum atomic E-state index is 12.7. The Kier molecular flexibility index (Phi) is 3.23. The van der Waals surface area contributed by atoms with Crippen LogP contribution in [0.25, 0.3) is 0 Å². The van der Waals surface area contributed by atoms with E-state index >= 15 is 0 Å². The van der Waals surface area contributed by atoms with Gasteiger partial charge in [-0.15, -0.1) is 0 Å². The van der Waals surface area contributed by atoms with Crippen LogP contribution in [0.3, 0.4) is 0 Å². The van der Waals surface area contributed by atoms with Crippen LogP contribution < -0.4 is 0 Å². The van der Waals surface area contributed by atoms with Crippen molar-refractivity contribution in [1.29, 1.82) is 0 Å². The molecular formula is C9H7F2NS. The minimum atomic E-state index is -0.610. The number of nitrogens with zero attached hydrogens (tertiary/aromatic N) is 1. The van der Waals surface area contributed by atoms with E-state index in [0.29, 0.717) is 5.56 Å². The van der Waals surface area contributed by atoms with Crippen molar-refractivity contribution in [2.24, 2.45) is 4.99 Å². The molecule has 68 valence electrons. The van der Waals surface area contributed by atoms with E-state index in [9.17, 15) is 8.78 Å². The van der Waals surface area contributed by atoms with Crippen molar-refractivity contribution in [3.05, 3.63) is 35.4 Å². The van der Waals surface area contributed by atoms with E-state index in [4.69, 9.17) is 0 Å². The van der Waals surface area contributed by atoms with E-state index in [-0.39, 0.29) is 6.04 Å². The third-order valence-electron chi connectivity index (χ3n) is 1.61. The van der Waals surface area contributed by atoms with Gasteiger partial charge in [0.1, 0.15) is 11.6 Å². The highest BCUT2D eigenvalue weighted by molar-refractivity contribution is 7.78. The van der Waals surface area contributed by atoms with Crippen molar-refractivity contribution >= 4 is 17.4 Å². The summed E-state index contributed by atoms with van der Waals surface area (Å²) < 4.78 is 25.4. The molecule has 0 fully saturated rings. The molecule has 0 aliphatic carbocycles. The first-order valence-corrected chi connectivity index (χ1v) is 4.07. The van der Waals surface area contributed by atoms with Crippen molar-refractivity contribution in [1.82, 2.24) is 0 Å². The topological polar surface area (TPSA) is 12.4 Å². The van der Waals surface area contributed by atoms with Gasteiger partial charge in [-0.25, -0.2) is 13.8 Å². The van der Waals surface area contributed by atoms with Crippen molar-refractivity contribution in [3.63, 3.8) is 0 Å². The first-order chi connectivity index (χ1) is 6.13. The van der Waals surface area contributed by atoms with Gasteiger partial charge in [-0.05, 0) is 36.8 Å². The molecular weight excluding hydrogens is 192 g/mol. The average molecular weight is 199 g/mol. The quantitative estimate of drug-likeness (QED) is 0.526. The van der Waals surface area contributed by atoms with E-state index < -0.39 is 11.6 Å². The summed E-state index contributed by atoms with van der Waals surface area (Å²) >= 11 is 4.39. The summed E-state index contributed by atoms with van der Waals surface area (Å²) in [6.45, 7) is 1.69. The Bertz CT molecular complexity index is 338. The fourth-order valence-electron chi connectivity index (χ4n) is 0.970. The Labute approximate surface area is 80.1 Å². The van der Waals surface area contributed by atoms with E-state index in [2.05, 4.69) is 22.4 Å². The fraction of sp³-hybridized carbons (Fsp3) is 0.222. The predicted molar refractivity (Wildman–Crippen MR) is 49.8 cm³/mol. The molecule has 0 bridgehead atoms. The average Bonchev–Trinajstić information content (AvgIpc) is 2.03. The molecule has 0 saturated heterocycles. The van der Waals surface area contributed by atoms with Crippen LogP contribution in [0.2, 0.25) is 0 Å². The summed E-state index contributed by atoms with van der Waals surface area (Å²) in [6, 6.07) is 2.91. The predicted octanol–water partition coefficient (Wildman–Crippen LogP) is 3.13. The van der Waals surface area contributed by atoms with Gasteiger partial charge in [-0.1, -0.05) is 0 Å². The highest BCUT2D eigenvalue weighted by atomic mass is 32.1. The molecule has 0 amide bonds. The summed E-state index contributed by atoms with van der Waals surface area (Å²) in [5.41, 5.74) is 0.454. The Morgan fingerprint density at radius 1 is 1.31 bits per heavy atom. The molecule has 1 rings (SSSR count). The van der Waals surface area contributed by atoms with E-state index in [1.165, 1.54) is 12.1 Å². The number of hydrogen-bond acceptors (Lipinski definition) is 2. The third-order valence-corrected chi connectivity index (χ3v) is 1.72. The molecule has 0 aliphatic rings. The Hall–Kier alpha value is -1.12. The summed E-state index contributed by atoms with van der Waals surface area (Å²) in [7, 11) is 0. The Morgan fingerprint density at radius 3 is 2.31 bits per heavy atom. The lowest BCUT2D eigenvalue weighted by atomic mass is 10.1. The summed E-state index contributed by atoms with van der Waals surface area (Å²) in [5, 5.41) is 2.17. The Morgan fingerprint density at radius 2 is 1.85 bits per heavy atom. The molecule has 1 aromatic rings. The molecule has 0 spiro atoms. The second-order valence-electron chi connectivity index (χ2n) is 2.60. The maximum absolute atomic E-state index is 12.7. The van der Waals surface area contributed by atoms with Gasteiger partial charge in [-0.3, -0.25) is 0 Å². The van der Waals surface area contributed by atoms with Crippen molar-refractivity contribution in [2.75, 3.05) is 0 Å². The molecule has 0 aromatic heterocycles. The van der Waals surface area contributed by atoms with Gasteiger partial charge in [0.15, 0.2) is 0 Å². The van der Waals surface area contributed by atoms with E-state index in [0.717, 1.165) is 6.07 Å². The standard InChI is InChI=1S/C9H7F2NS/c1-6(12-5-13)7-2-8(10)4-9(11)3-7/h2-4,6H,1H3/t6-/m1/s1. The minimum absolute atomic E-state index is 0.359. The van der Waals surface area contributed by atoms with Gasteiger partial charge in [0.05, 0.1) is 11.2 Å². The van der Waals surface area contributed by atoms with Crippen LogP contribution in [-0.2, 0) is 0 Å². The van der Waals surface area contributed by atoms with Crippen molar-refractivity contribution in [3.8, 4) is 0 Å². The van der Waals surface area contributed by atoms with Crippen molar-refractivity contribution < 1.29 is 8.78 Å². The Balaban J connectivity index is 3.07. The number of hydrogen-bond donors (Lipinski definition) is 0. The van der Waals surface area contributed by atoms with Gasteiger partial charge in [0.2, 0.25) is 0 Å². The fourth-order valence-corrected chi connectivity index (χ4v) is 1.13. The lowest BCUT2D eigenvalue weighted by molar-refractivity contribution is 0.576. The summed E-state index contributed by atoms with van der Waals surface area (Å²) in [4.78, 5) is 3.71. The zero-order valence-electron chi connectivity index (χ0n) is 6.92. The van der Waals surface area contributed by atoms with Gasteiger partial charge in [0, 0.05) is 6.07 Å². The summed E-state index contributed by atoms with van der Waals surface area (Å²) in [6.07, 6.45) is 0. The SMILES string of the molecule is C[C@@H](N=C=S)c1cc(F)cc(F)c1. The molecule has 1 atom stereocenters. The molecule has 4 heteroatoms. The van der Waals surface area contributed by atoms with Gasteiger partial charge in [-0.2, -0.15) is 0 Å². The molecule has 0 N–H and O–H groups in total. The van der Waals surface area contributed by atoms with Crippen LogP contribution in [0.4, 0.5) is 8.78 Å². The number of isothiocyanates is 1. The largest absolute Gasteiger partial charge is 0.225 e. The highest BCUT2D eigenvalue weighted by Gasteiger charge is 2.06. The zero-order chi connectivity index (χ0) is 9.84. The van der Waals surface area contributed by atoms with Gasteiger partial charge >= 0.3 is 0 Å². The van der Waals surface area contributed by atoms with Crippen molar-refractivity contribution in [2.45, 2.75) is 13.0 Å². The minimum Gasteiger partial charge on any atom is -0.225 e. The van der Waals surface area contributed by atoms with Gasteiger partial charge in [0.25, 0.3) is 0 Å². The van der Waals surface area contributed by atoms with Crippen LogP contribution >= 0.6 is 12.2 Å². The van der Waals surface area contributed by atoms with Crippen LogP contribution in [0.5, 0.6) is 0 Å². The number of thiocarbonyl (C=S) groups is 1. The summed E-state index contributed by atoms with van der Waals surface area (Å²) in [5.74, 6) is -1.22. The molecule has 0 heterocycles. The lowest BCUT2D eigenvalue weighted by Crippen LogP contribution is -1.92. The first kappa shape index (κ1) is 9.96. The first-order valence-electron chi connectivity index (χ1n) is 3.66. The molecule has 0 radical (unpaired) electrons. The molecule has 0 saturated carbocycles. The van der Waals surface area contributed by atoms with Gasteiger partial charge < -0.3 is 0 Å². The van der Waals surface area contributed by atoms with Crippen LogP contribution in [0.1, 0.15) is 18.5 Å². The molecule has 13 heavy (non-hydrogen) atoms. The number of halogens is 2. The molecule has 0 aliphatic heterocycles. The molecule has 1 aromatic carbocycles. The lowest BCUT2D eigenvalue weighted by Gasteiger charge is -2.04.